The average Bonchev–Trinajstić information content (AvgIpc) is 2.79. The van der Waals surface area contributed by atoms with Gasteiger partial charge in [-0.1, -0.05) is 30.3 Å². The molecular formula is C16H16N2O2. The van der Waals surface area contributed by atoms with Crippen molar-refractivity contribution in [1.82, 2.24) is 0 Å². The summed E-state index contributed by atoms with van der Waals surface area (Å²) >= 11 is 0. The quantitative estimate of drug-likeness (QED) is 0.841. The zero-order valence-corrected chi connectivity index (χ0v) is 11.2. The monoisotopic (exact) mass is 268 g/mol. The van der Waals surface area contributed by atoms with E-state index in [1.807, 2.05) is 37.3 Å². The van der Waals surface area contributed by atoms with Crippen LogP contribution in [0.15, 0.2) is 42.5 Å². The SMILES string of the molecule is CC(Oc1cc2c(cc1N)CC(=O)N2)c1ccccc1. The summed E-state index contributed by atoms with van der Waals surface area (Å²) in [4.78, 5) is 11.4. The molecule has 0 aliphatic carbocycles. The molecule has 1 heterocycles. The third kappa shape index (κ3) is 2.32. The van der Waals surface area contributed by atoms with Gasteiger partial charge in [-0.25, -0.2) is 0 Å². The van der Waals surface area contributed by atoms with E-state index in [0.29, 0.717) is 17.9 Å². The first-order chi connectivity index (χ1) is 9.63. The Hall–Kier alpha value is -2.49. The Morgan fingerprint density at radius 2 is 2.00 bits per heavy atom. The maximum absolute atomic E-state index is 11.4. The number of carbonyl (C=O) groups excluding carboxylic acids is 1. The van der Waals surface area contributed by atoms with Crippen LogP contribution >= 0.6 is 0 Å². The van der Waals surface area contributed by atoms with E-state index in [2.05, 4.69) is 5.32 Å². The molecule has 1 unspecified atom stereocenters. The van der Waals surface area contributed by atoms with Gasteiger partial charge in [-0.2, -0.15) is 0 Å². The predicted octanol–water partition coefficient (Wildman–Crippen LogP) is 2.90. The van der Waals surface area contributed by atoms with Crippen LogP contribution < -0.4 is 15.8 Å². The third-order valence-corrected chi connectivity index (χ3v) is 3.43. The Balaban J connectivity index is 1.85. The minimum atomic E-state index is -0.103. The summed E-state index contributed by atoms with van der Waals surface area (Å²) in [6, 6.07) is 13.5. The minimum absolute atomic E-state index is 0.00680. The van der Waals surface area contributed by atoms with Gasteiger partial charge in [0.2, 0.25) is 5.91 Å². The first kappa shape index (κ1) is 12.5. The molecule has 1 amide bonds. The molecule has 3 rings (SSSR count). The number of rotatable bonds is 3. The first-order valence-corrected chi connectivity index (χ1v) is 6.57. The number of hydrogen-bond donors (Lipinski definition) is 2. The van der Waals surface area contributed by atoms with Crippen LogP contribution in [0.25, 0.3) is 0 Å². The molecule has 0 spiro atoms. The van der Waals surface area contributed by atoms with E-state index in [-0.39, 0.29) is 12.0 Å². The molecule has 20 heavy (non-hydrogen) atoms. The lowest BCUT2D eigenvalue weighted by atomic mass is 10.1. The molecule has 102 valence electrons. The van der Waals surface area contributed by atoms with Gasteiger partial charge in [0.25, 0.3) is 0 Å². The van der Waals surface area contributed by atoms with Crippen molar-refractivity contribution in [3.8, 4) is 5.75 Å². The molecule has 4 nitrogen and oxygen atoms in total. The number of benzene rings is 2. The first-order valence-electron chi connectivity index (χ1n) is 6.57. The maximum atomic E-state index is 11.4. The van der Waals surface area contributed by atoms with Gasteiger partial charge in [0.15, 0.2) is 0 Å². The van der Waals surface area contributed by atoms with Crippen LogP contribution in [0, 0.1) is 0 Å². The number of anilines is 2. The molecule has 0 saturated carbocycles. The van der Waals surface area contributed by atoms with E-state index < -0.39 is 0 Å². The average molecular weight is 268 g/mol. The van der Waals surface area contributed by atoms with Gasteiger partial charge >= 0.3 is 0 Å². The van der Waals surface area contributed by atoms with Crippen molar-refractivity contribution in [1.29, 1.82) is 0 Å². The maximum Gasteiger partial charge on any atom is 0.228 e. The molecule has 1 aliphatic rings. The van der Waals surface area contributed by atoms with Crippen molar-refractivity contribution < 1.29 is 9.53 Å². The van der Waals surface area contributed by atoms with Crippen molar-refractivity contribution in [2.75, 3.05) is 11.1 Å². The predicted molar refractivity (Wildman–Crippen MR) is 78.7 cm³/mol. The lowest BCUT2D eigenvalue weighted by Crippen LogP contribution is -2.05. The Morgan fingerprint density at radius 3 is 2.75 bits per heavy atom. The molecule has 0 fully saturated rings. The number of carbonyl (C=O) groups is 1. The fraction of sp³-hybridized carbons (Fsp3) is 0.188. The Labute approximate surface area is 117 Å². The highest BCUT2D eigenvalue weighted by molar-refractivity contribution is 6.00. The molecule has 3 N–H and O–H groups in total. The summed E-state index contributed by atoms with van der Waals surface area (Å²) in [5, 5.41) is 2.80. The van der Waals surface area contributed by atoms with Crippen LogP contribution in [0.1, 0.15) is 24.2 Å². The molecule has 0 saturated heterocycles. The van der Waals surface area contributed by atoms with Crippen LogP contribution in [-0.4, -0.2) is 5.91 Å². The van der Waals surface area contributed by atoms with Crippen LogP contribution in [-0.2, 0) is 11.2 Å². The van der Waals surface area contributed by atoms with Crippen molar-refractivity contribution in [3.05, 3.63) is 53.6 Å². The molecule has 2 aromatic rings. The van der Waals surface area contributed by atoms with Crippen LogP contribution in [0.4, 0.5) is 11.4 Å². The molecular weight excluding hydrogens is 252 g/mol. The van der Waals surface area contributed by atoms with Crippen LogP contribution in [0.2, 0.25) is 0 Å². The normalized spacial score (nSPS) is 14.6. The fourth-order valence-corrected chi connectivity index (χ4v) is 2.36. The zero-order valence-electron chi connectivity index (χ0n) is 11.2. The van der Waals surface area contributed by atoms with Gasteiger partial charge in [-0.05, 0) is 24.1 Å². The second-order valence-electron chi connectivity index (χ2n) is 4.94. The van der Waals surface area contributed by atoms with E-state index >= 15 is 0 Å². The summed E-state index contributed by atoms with van der Waals surface area (Å²) in [6.07, 6.45) is 0.280. The molecule has 1 aliphatic heterocycles. The standard InChI is InChI=1S/C16H16N2O2/c1-10(11-5-3-2-4-6-11)20-15-9-14-12(7-13(15)17)8-16(19)18-14/h2-7,9-10H,8,17H2,1H3,(H,18,19). The summed E-state index contributed by atoms with van der Waals surface area (Å²) in [5.74, 6) is 0.593. The molecule has 2 aromatic carbocycles. The molecule has 1 atom stereocenters. The van der Waals surface area contributed by atoms with Crippen molar-refractivity contribution >= 4 is 17.3 Å². The largest absolute Gasteiger partial charge is 0.484 e. The van der Waals surface area contributed by atoms with Gasteiger partial charge in [0.05, 0.1) is 12.1 Å². The van der Waals surface area contributed by atoms with Crippen LogP contribution in [0.3, 0.4) is 0 Å². The minimum Gasteiger partial charge on any atom is -0.484 e. The van der Waals surface area contributed by atoms with Crippen LogP contribution in [0.5, 0.6) is 5.75 Å². The lowest BCUT2D eigenvalue weighted by molar-refractivity contribution is -0.115. The highest BCUT2D eigenvalue weighted by atomic mass is 16.5. The highest BCUT2D eigenvalue weighted by Crippen LogP contribution is 2.35. The van der Waals surface area contributed by atoms with Gasteiger partial charge < -0.3 is 15.8 Å². The number of hydrogen-bond acceptors (Lipinski definition) is 3. The second kappa shape index (κ2) is 4.89. The molecule has 0 aromatic heterocycles. The van der Waals surface area contributed by atoms with E-state index in [1.54, 1.807) is 12.1 Å². The van der Waals surface area contributed by atoms with E-state index in [4.69, 9.17) is 10.5 Å². The fourth-order valence-electron chi connectivity index (χ4n) is 2.36. The third-order valence-electron chi connectivity index (χ3n) is 3.43. The van der Waals surface area contributed by atoms with Gasteiger partial charge in [-0.3, -0.25) is 4.79 Å². The number of nitrogens with one attached hydrogen (secondary N) is 1. The summed E-state index contributed by atoms with van der Waals surface area (Å²) < 4.78 is 5.92. The van der Waals surface area contributed by atoms with Gasteiger partial charge in [0, 0.05) is 11.8 Å². The van der Waals surface area contributed by atoms with E-state index in [0.717, 1.165) is 16.8 Å². The Kier molecular flexibility index (Phi) is 3.06. The Bertz CT molecular complexity index is 653. The topological polar surface area (TPSA) is 64.3 Å². The second-order valence-corrected chi connectivity index (χ2v) is 4.94. The summed E-state index contributed by atoms with van der Waals surface area (Å²) in [6.45, 7) is 1.97. The summed E-state index contributed by atoms with van der Waals surface area (Å²) in [7, 11) is 0. The number of nitrogen functional groups attached to an aromatic ring is 1. The van der Waals surface area contributed by atoms with E-state index in [9.17, 15) is 4.79 Å². The van der Waals surface area contributed by atoms with E-state index in [1.165, 1.54) is 0 Å². The van der Waals surface area contributed by atoms with Gasteiger partial charge in [0.1, 0.15) is 11.9 Å². The van der Waals surface area contributed by atoms with Crippen molar-refractivity contribution in [2.24, 2.45) is 0 Å². The van der Waals surface area contributed by atoms with Crippen molar-refractivity contribution in [3.63, 3.8) is 0 Å². The number of fused-ring (bicyclic) bond motifs is 1. The lowest BCUT2D eigenvalue weighted by Gasteiger charge is -2.17. The smallest absolute Gasteiger partial charge is 0.228 e. The summed E-state index contributed by atoms with van der Waals surface area (Å²) in [5.41, 5.74) is 9.35. The van der Waals surface area contributed by atoms with Crippen molar-refractivity contribution in [2.45, 2.75) is 19.4 Å². The Morgan fingerprint density at radius 1 is 1.25 bits per heavy atom. The number of ether oxygens (including phenoxy) is 1. The number of nitrogens with two attached hydrogens (primary N) is 1. The number of amides is 1. The van der Waals surface area contributed by atoms with Gasteiger partial charge in [-0.15, -0.1) is 0 Å². The molecule has 4 heteroatoms. The zero-order chi connectivity index (χ0) is 14.1. The molecule has 0 bridgehead atoms. The molecule has 0 radical (unpaired) electrons. The highest BCUT2D eigenvalue weighted by Gasteiger charge is 2.20.